The van der Waals surface area contributed by atoms with Crippen LogP contribution in [-0.2, 0) is 0 Å². The Hall–Kier alpha value is -4.03. The highest BCUT2D eigenvalue weighted by Gasteiger charge is 2.15. The van der Waals surface area contributed by atoms with E-state index in [0.29, 0.717) is 16.4 Å². The van der Waals surface area contributed by atoms with Gasteiger partial charge in [0.05, 0.1) is 11.4 Å². The van der Waals surface area contributed by atoms with Gasteiger partial charge >= 0.3 is 0 Å². The number of nitrogens with zero attached hydrogens (tertiary/aromatic N) is 4. The SMILES string of the molecule is O=C(Nc1nc2nc(-c3ccccc3)cc(-c3ccccc3)n2n1)c1ccc(Cl)cc1. The number of hydrogen-bond donors (Lipinski definition) is 1. The zero-order valence-corrected chi connectivity index (χ0v) is 17.0. The third kappa shape index (κ3) is 3.89. The molecule has 0 saturated carbocycles. The molecule has 0 fully saturated rings. The van der Waals surface area contributed by atoms with Crippen LogP contribution in [0.2, 0.25) is 5.02 Å². The highest BCUT2D eigenvalue weighted by Crippen LogP contribution is 2.26. The third-order valence-electron chi connectivity index (χ3n) is 4.78. The van der Waals surface area contributed by atoms with Gasteiger partial charge in [0, 0.05) is 21.7 Å². The van der Waals surface area contributed by atoms with E-state index in [1.807, 2.05) is 66.7 Å². The van der Waals surface area contributed by atoms with Gasteiger partial charge in [-0.25, -0.2) is 4.98 Å². The van der Waals surface area contributed by atoms with Gasteiger partial charge in [0.25, 0.3) is 17.6 Å². The lowest BCUT2D eigenvalue weighted by Gasteiger charge is -2.07. The van der Waals surface area contributed by atoms with Crippen LogP contribution in [0, 0.1) is 0 Å². The highest BCUT2D eigenvalue weighted by molar-refractivity contribution is 6.30. The van der Waals surface area contributed by atoms with Gasteiger partial charge in [0.2, 0.25) is 0 Å². The Balaban J connectivity index is 1.59. The van der Waals surface area contributed by atoms with Crippen LogP contribution >= 0.6 is 11.6 Å². The first-order valence-electron chi connectivity index (χ1n) is 9.63. The molecule has 5 rings (SSSR count). The highest BCUT2D eigenvalue weighted by atomic mass is 35.5. The maximum Gasteiger partial charge on any atom is 0.258 e. The maximum atomic E-state index is 12.6. The Bertz CT molecular complexity index is 1370. The van der Waals surface area contributed by atoms with Crippen molar-refractivity contribution in [2.45, 2.75) is 0 Å². The molecule has 0 aliphatic heterocycles. The number of amides is 1. The van der Waals surface area contributed by atoms with E-state index in [9.17, 15) is 4.79 Å². The summed E-state index contributed by atoms with van der Waals surface area (Å²) in [5, 5.41) is 7.79. The van der Waals surface area contributed by atoms with E-state index < -0.39 is 0 Å². The Morgan fingerprint density at radius 1 is 0.806 bits per heavy atom. The maximum absolute atomic E-state index is 12.6. The molecule has 3 aromatic carbocycles. The predicted molar refractivity (Wildman–Crippen MR) is 121 cm³/mol. The van der Waals surface area contributed by atoms with Crippen molar-refractivity contribution in [3.05, 3.63) is 102 Å². The molecule has 2 aromatic heterocycles. The van der Waals surface area contributed by atoms with Crippen molar-refractivity contribution in [1.82, 2.24) is 19.6 Å². The molecule has 31 heavy (non-hydrogen) atoms. The molecule has 0 aliphatic rings. The van der Waals surface area contributed by atoms with Gasteiger partial charge in [-0.1, -0.05) is 72.3 Å². The number of benzene rings is 3. The first kappa shape index (κ1) is 19.0. The molecule has 150 valence electrons. The summed E-state index contributed by atoms with van der Waals surface area (Å²) in [6.07, 6.45) is 0. The predicted octanol–water partition coefficient (Wildman–Crippen LogP) is 5.36. The van der Waals surface area contributed by atoms with E-state index in [1.54, 1.807) is 28.8 Å². The number of halogens is 1. The average molecular weight is 426 g/mol. The standard InChI is InChI=1S/C24H16ClN5O/c25-19-13-11-18(12-14-19)22(31)27-23-28-24-26-20(16-7-3-1-4-8-16)15-21(30(24)29-23)17-9-5-2-6-10-17/h1-15H,(H,27,29,31). The lowest BCUT2D eigenvalue weighted by Crippen LogP contribution is -2.12. The second kappa shape index (κ2) is 8.01. The average Bonchev–Trinajstić information content (AvgIpc) is 3.22. The second-order valence-corrected chi connectivity index (χ2v) is 7.30. The summed E-state index contributed by atoms with van der Waals surface area (Å²) in [5.74, 6) is 0.249. The number of rotatable bonds is 4. The molecule has 0 saturated heterocycles. The molecule has 0 spiro atoms. The van der Waals surface area contributed by atoms with E-state index >= 15 is 0 Å². The number of carbonyl (C=O) groups is 1. The minimum absolute atomic E-state index is 0.176. The molecule has 2 heterocycles. The lowest BCUT2D eigenvalue weighted by atomic mass is 10.1. The normalized spacial score (nSPS) is 10.9. The summed E-state index contributed by atoms with van der Waals surface area (Å²) in [5.41, 5.74) is 3.99. The van der Waals surface area contributed by atoms with E-state index in [4.69, 9.17) is 11.6 Å². The van der Waals surface area contributed by atoms with Crippen molar-refractivity contribution in [1.29, 1.82) is 0 Å². The Kier molecular flexibility index (Phi) is 4.90. The van der Waals surface area contributed by atoms with Crippen LogP contribution in [0.1, 0.15) is 10.4 Å². The van der Waals surface area contributed by atoms with Gasteiger partial charge in [-0.05, 0) is 30.3 Å². The molecule has 1 amide bonds. The van der Waals surface area contributed by atoms with Gasteiger partial charge < -0.3 is 0 Å². The molecule has 6 nitrogen and oxygen atoms in total. The van der Waals surface area contributed by atoms with E-state index in [-0.39, 0.29) is 11.9 Å². The number of carbonyl (C=O) groups excluding carboxylic acids is 1. The third-order valence-corrected chi connectivity index (χ3v) is 5.03. The summed E-state index contributed by atoms with van der Waals surface area (Å²) in [7, 11) is 0. The van der Waals surface area contributed by atoms with Gasteiger partial charge in [0.15, 0.2) is 0 Å². The van der Waals surface area contributed by atoms with Crippen molar-refractivity contribution in [3.63, 3.8) is 0 Å². The van der Waals surface area contributed by atoms with Crippen molar-refractivity contribution in [2.75, 3.05) is 5.32 Å². The monoisotopic (exact) mass is 425 g/mol. The molecule has 5 aromatic rings. The zero-order chi connectivity index (χ0) is 21.2. The summed E-state index contributed by atoms with van der Waals surface area (Å²) >= 11 is 5.90. The molecule has 7 heteroatoms. The van der Waals surface area contributed by atoms with E-state index in [2.05, 4.69) is 20.4 Å². The number of fused-ring (bicyclic) bond motifs is 1. The zero-order valence-electron chi connectivity index (χ0n) is 16.2. The van der Waals surface area contributed by atoms with Gasteiger partial charge in [-0.3, -0.25) is 10.1 Å². The second-order valence-electron chi connectivity index (χ2n) is 6.87. The number of hydrogen-bond acceptors (Lipinski definition) is 4. The Morgan fingerprint density at radius 2 is 1.45 bits per heavy atom. The fourth-order valence-electron chi connectivity index (χ4n) is 3.27. The summed E-state index contributed by atoms with van der Waals surface area (Å²) in [6.45, 7) is 0. The van der Waals surface area contributed by atoms with Crippen LogP contribution in [-0.4, -0.2) is 25.5 Å². The van der Waals surface area contributed by atoms with Crippen molar-refractivity contribution in [2.24, 2.45) is 0 Å². The quantitative estimate of drug-likeness (QED) is 0.420. The minimum atomic E-state index is -0.322. The smallest absolute Gasteiger partial charge is 0.258 e. The molecular formula is C24H16ClN5O. The van der Waals surface area contributed by atoms with Gasteiger partial charge in [0.1, 0.15) is 0 Å². The molecule has 0 bridgehead atoms. The van der Waals surface area contributed by atoms with E-state index in [1.165, 1.54) is 0 Å². The minimum Gasteiger partial charge on any atom is -0.289 e. The van der Waals surface area contributed by atoms with Crippen LogP contribution in [0.5, 0.6) is 0 Å². The lowest BCUT2D eigenvalue weighted by molar-refractivity contribution is 0.102. The Morgan fingerprint density at radius 3 is 2.13 bits per heavy atom. The van der Waals surface area contributed by atoms with Gasteiger partial charge in [-0.15, -0.1) is 5.10 Å². The molecule has 0 radical (unpaired) electrons. The first-order valence-corrected chi connectivity index (χ1v) is 10.0. The number of anilines is 1. The molecular weight excluding hydrogens is 410 g/mol. The number of aromatic nitrogens is 4. The van der Waals surface area contributed by atoms with Crippen LogP contribution in [0.4, 0.5) is 5.95 Å². The van der Waals surface area contributed by atoms with Crippen LogP contribution in [0.15, 0.2) is 91.0 Å². The van der Waals surface area contributed by atoms with Crippen LogP contribution in [0.25, 0.3) is 28.3 Å². The first-order chi connectivity index (χ1) is 15.2. The van der Waals surface area contributed by atoms with Crippen LogP contribution < -0.4 is 5.32 Å². The van der Waals surface area contributed by atoms with E-state index in [0.717, 1.165) is 22.5 Å². The van der Waals surface area contributed by atoms with Crippen molar-refractivity contribution >= 4 is 29.2 Å². The molecule has 0 atom stereocenters. The Labute approximate surface area is 183 Å². The van der Waals surface area contributed by atoms with Gasteiger partial charge in [-0.2, -0.15) is 9.50 Å². The molecule has 0 aliphatic carbocycles. The van der Waals surface area contributed by atoms with Crippen molar-refractivity contribution < 1.29 is 4.79 Å². The molecule has 1 N–H and O–H groups in total. The summed E-state index contributed by atoms with van der Waals surface area (Å²) in [4.78, 5) is 21.7. The molecule has 0 unspecified atom stereocenters. The summed E-state index contributed by atoms with van der Waals surface area (Å²) < 4.78 is 1.64. The topological polar surface area (TPSA) is 72.2 Å². The largest absolute Gasteiger partial charge is 0.289 e. The van der Waals surface area contributed by atoms with Crippen LogP contribution in [0.3, 0.4) is 0 Å². The fraction of sp³-hybridized carbons (Fsp3) is 0. The fourth-order valence-corrected chi connectivity index (χ4v) is 3.39. The summed E-state index contributed by atoms with van der Waals surface area (Å²) in [6, 6.07) is 28.3. The van der Waals surface area contributed by atoms with Crippen molar-refractivity contribution in [3.8, 4) is 22.5 Å². The number of nitrogens with one attached hydrogen (secondary N) is 1.